The largest absolute Gasteiger partial charge is 0.375 e. The molecule has 1 spiro atoms. The Kier molecular flexibility index (Phi) is 5.55. The van der Waals surface area contributed by atoms with E-state index in [2.05, 4.69) is 24.0 Å². The predicted octanol–water partition coefficient (Wildman–Crippen LogP) is 4.38. The average molecular weight is 312 g/mol. The number of hydrogen-bond donors (Lipinski definition) is 1. The van der Waals surface area contributed by atoms with E-state index in [1.165, 1.54) is 82.3 Å². The second-order valence-electron chi connectivity index (χ2n) is 7.48. The molecule has 3 fully saturated rings. The van der Waals surface area contributed by atoms with Gasteiger partial charge in [0.25, 0.3) is 0 Å². The Morgan fingerprint density at radius 3 is 2.81 bits per heavy atom. The van der Waals surface area contributed by atoms with Gasteiger partial charge in [0.1, 0.15) is 0 Å². The molecule has 0 bridgehead atoms. The fourth-order valence-electron chi connectivity index (χ4n) is 4.97. The number of ether oxygens (including phenoxy) is 1. The molecule has 3 aliphatic heterocycles. The van der Waals surface area contributed by atoms with Gasteiger partial charge in [0.2, 0.25) is 0 Å². The molecule has 3 aliphatic rings. The first-order valence-electron chi connectivity index (χ1n) is 9.25. The lowest BCUT2D eigenvalue weighted by Crippen LogP contribution is -2.56. The first-order valence-corrected chi connectivity index (χ1v) is 10.4. The summed E-state index contributed by atoms with van der Waals surface area (Å²) in [5.41, 5.74) is 0.662. The molecule has 0 radical (unpaired) electrons. The average Bonchev–Trinajstić information content (AvgIpc) is 2.75. The third-order valence-corrected chi connectivity index (χ3v) is 7.14. The number of hydrogen-bond acceptors (Lipinski definition) is 3. The summed E-state index contributed by atoms with van der Waals surface area (Å²) in [7, 11) is 0. The normalized spacial score (nSPS) is 37.3. The monoisotopic (exact) mass is 311 g/mol. The van der Waals surface area contributed by atoms with E-state index in [0.717, 1.165) is 12.5 Å². The summed E-state index contributed by atoms with van der Waals surface area (Å²) in [4.78, 5) is 0. The molecule has 122 valence electrons. The highest BCUT2D eigenvalue weighted by Crippen LogP contribution is 2.46. The number of thioether (sulfide) groups is 1. The molecule has 3 rings (SSSR count). The van der Waals surface area contributed by atoms with Crippen molar-refractivity contribution in [3.8, 4) is 0 Å². The van der Waals surface area contributed by atoms with Crippen molar-refractivity contribution in [3.63, 3.8) is 0 Å². The maximum Gasteiger partial charge on any atom is 0.0701 e. The Morgan fingerprint density at radius 1 is 1.14 bits per heavy atom. The van der Waals surface area contributed by atoms with Crippen LogP contribution in [0.3, 0.4) is 0 Å². The van der Waals surface area contributed by atoms with Crippen LogP contribution in [0.5, 0.6) is 0 Å². The van der Waals surface area contributed by atoms with Crippen LogP contribution in [0.25, 0.3) is 0 Å². The zero-order valence-corrected chi connectivity index (χ0v) is 14.6. The molecule has 21 heavy (non-hydrogen) atoms. The molecular formula is C18H33NOS. The molecule has 3 saturated heterocycles. The maximum absolute atomic E-state index is 6.34. The van der Waals surface area contributed by atoms with Crippen LogP contribution in [0.15, 0.2) is 0 Å². The van der Waals surface area contributed by atoms with Crippen molar-refractivity contribution in [2.45, 2.75) is 82.3 Å². The Morgan fingerprint density at radius 2 is 2.00 bits per heavy atom. The van der Waals surface area contributed by atoms with E-state index in [1.807, 2.05) is 0 Å². The van der Waals surface area contributed by atoms with E-state index in [9.17, 15) is 0 Å². The van der Waals surface area contributed by atoms with E-state index in [0.29, 0.717) is 5.54 Å². The molecule has 0 aromatic rings. The molecule has 3 heterocycles. The van der Waals surface area contributed by atoms with Gasteiger partial charge in [-0.05, 0) is 68.9 Å². The molecule has 0 aromatic carbocycles. The van der Waals surface area contributed by atoms with E-state index >= 15 is 0 Å². The smallest absolute Gasteiger partial charge is 0.0701 e. The van der Waals surface area contributed by atoms with Crippen LogP contribution in [0.4, 0.5) is 0 Å². The third kappa shape index (κ3) is 3.61. The van der Waals surface area contributed by atoms with Crippen LogP contribution in [-0.4, -0.2) is 35.8 Å². The molecule has 3 heteroatoms. The van der Waals surface area contributed by atoms with Gasteiger partial charge in [0.15, 0.2) is 0 Å². The minimum Gasteiger partial charge on any atom is -0.375 e. The van der Waals surface area contributed by atoms with Gasteiger partial charge in [0.05, 0.1) is 5.60 Å². The maximum atomic E-state index is 6.34. The fourth-order valence-corrected chi connectivity index (χ4v) is 6.21. The zero-order chi connectivity index (χ0) is 14.6. The number of rotatable bonds is 3. The minimum absolute atomic E-state index is 0.239. The van der Waals surface area contributed by atoms with Gasteiger partial charge in [0, 0.05) is 12.1 Å². The molecule has 2 atom stereocenters. The molecule has 0 amide bonds. The first kappa shape index (κ1) is 16.1. The summed E-state index contributed by atoms with van der Waals surface area (Å²) in [6, 6.07) is 0. The van der Waals surface area contributed by atoms with E-state index in [-0.39, 0.29) is 5.60 Å². The molecule has 2 nitrogen and oxygen atoms in total. The van der Waals surface area contributed by atoms with Crippen molar-refractivity contribution in [1.82, 2.24) is 5.32 Å². The summed E-state index contributed by atoms with van der Waals surface area (Å²) >= 11 is 2.12. The standard InChI is InChI=1S/C18H33NOS/c1-2-7-18(8-4-3-5-11-19-18)16-6-12-20-17(15-16)9-13-21-14-10-17/h16,19H,2-15H2,1H3. The lowest BCUT2D eigenvalue weighted by atomic mass is 9.68. The number of nitrogens with one attached hydrogen (secondary N) is 1. The Balaban J connectivity index is 1.74. The van der Waals surface area contributed by atoms with Crippen molar-refractivity contribution >= 4 is 11.8 Å². The summed E-state index contributed by atoms with van der Waals surface area (Å²) in [5, 5.41) is 4.03. The minimum atomic E-state index is 0.239. The van der Waals surface area contributed by atoms with E-state index in [4.69, 9.17) is 4.74 Å². The Labute approximate surface area is 135 Å². The van der Waals surface area contributed by atoms with Gasteiger partial charge in [-0.15, -0.1) is 0 Å². The quantitative estimate of drug-likeness (QED) is 0.835. The topological polar surface area (TPSA) is 21.3 Å². The Bertz CT molecular complexity index is 314. The molecule has 0 saturated carbocycles. The summed E-state index contributed by atoms with van der Waals surface area (Å²) in [6.45, 7) is 4.60. The SMILES string of the molecule is CCCC1(C2CCOC3(CCSCC3)C2)CCCCCN1. The second-order valence-corrected chi connectivity index (χ2v) is 8.70. The van der Waals surface area contributed by atoms with Crippen LogP contribution >= 0.6 is 11.8 Å². The van der Waals surface area contributed by atoms with Gasteiger partial charge >= 0.3 is 0 Å². The van der Waals surface area contributed by atoms with Crippen LogP contribution in [0.2, 0.25) is 0 Å². The summed E-state index contributed by atoms with van der Waals surface area (Å²) in [5.74, 6) is 3.45. The van der Waals surface area contributed by atoms with Gasteiger partial charge in [-0.1, -0.05) is 26.2 Å². The van der Waals surface area contributed by atoms with Crippen LogP contribution in [-0.2, 0) is 4.74 Å². The Hall–Kier alpha value is 0.270. The van der Waals surface area contributed by atoms with E-state index < -0.39 is 0 Å². The van der Waals surface area contributed by atoms with Gasteiger partial charge in [-0.25, -0.2) is 0 Å². The highest BCUT2D eigenvalue weighted by Gasteiger charge is 2.46. The van der Waals surface area contributed by atoms with Crippen LogP contribution < -0.4 is 5.32 Å². The summed E-state index contributed by atoms with van der Waals surface area (Å²) < 4.78 is 6.34. The molecule has 0 aromatic heterocycles. The van der Waals surface area contributed by atoms with Crippen molar-refractivity contribution in [1.29, 1.82) is 0 Å². The lowest BCUT2D eigenvalue weighted by molar-refractivity contribution is -0.118. The van der Waals surface area contributed by atoms with Crippen molar-refractivity contribution in [3.05, 3.63) is 0 Å². The molecule has 0 aliphatic carbocycles. The molecule has 2 unspecified atom stereocenters. The van der Waals surface area contributed by atoms with Gasteiger partial charge in [-0.3, -0.25) is 0 Å². The third-order valence-electron chi connectivity index (χ3n) is 6.15. The van der Waals surface area contributed by atoms with Crippen molar-refractivity contribution in [2.24, 2.45) is 5.92 Å². The molecular weight excluding hydrogens is 278 g/mol. The first-order chi connectivity index (χ1) is 10.3. The second kappa shape index (κ2) is 7.23. The highest BCUT2D eigenvalue weighted by atomic mass is 32.2. The zero-order valence-electron chi connectivity index (χ0n) is 13.8. The predicted molar refractivity (Wildman–Crippen MR) is 92.1 cm³/mol. The lowest BCUT2D eigenvalue weighted by Gasteiger charge is -2.50. The van der Waals surface area contributed by atoms with Crippen molar-refractivity contribution < 1.29 is 4.74 Å². The summed E-state index contributed by atoms with van der Waals surface area (Å²) in [6.07, 6.45) is 13.5. The van der Waals surface area contributed by atoms with Gasteiger partial charge < -0.3 is 10.1 Å². The van der Waals surface area contributed by atoms with Crippen LogP contribution in [0.1, 0.15) is 71.1 Å². The van der Waals surface area contributed by atoms with Crippen LogP contribution in [0, 0.1) is 5.92 Å². The highest BCUT2D eigenvalue weighted by molar-refractivity contribution is 7.99. The molecule has 1 N–H and O–H groups in total. The fraction of sp³-hybridized carbons (Fsp3) is 1.00. The van der Waals surface area contributed by atoms with E-state index in [1.54, 1.807) is 0 Å². The van der Waals surface area contributed by atoms with Gasteiger partial charge in [-0.2, -0.15) is 11.8 Å². The van der Waals surface area contributed by atoms with Crippen molar-refractivity contribution in [2.75, 3.05) is 24.7 Å².